The summed E-state index contributed by atoms with van der Waals surface area (Å²) in [6, 6.07) is 9.97. The van der Waals surface area contributed by atoms with Crippen LogP contribution >= 0.6 is 23.2 Å². The van der Waals surface area contributed by atoms with E-state index in [-0.39, 0.29) is 52.4 Å². The first kappa shape index (κ1) is 35.4. The number of aromatic nitrogens is 1. The zero-order valence-corrected chi connectivity index (χ0v) is 27.3. The van der Waals surface area contributed by atoms with Crippen LogP contribution in [0.3, 0.4) is 0 Å². The molecule has 0 radical (unpaired) electrons. The molecule has 2 atom stereocenters. The molecule has 1 heterocycles. The number of rotatable bonds is 15. The number of halogens is 4. The number of ether oxygens (including phenoxy) is 3. The SMILES string of the molecule is CS(=O)(=O)CN(c1ccc(CNC(=O)OC(Cc2c(Cl)c[n+]([O-])cc2Cl)c2ccc(OC(F)F)c(OCC3CC3)c2)cc1)S(=O)O. The van der Waals surface area contributed by atoms with Gasteiger partial charge in [-0.25, -0.2) is 17.4 Å². The first-order valence-corrected chi connectivity index (χ1v) is 17.4. The van der Waals surface area contributed by atoms with Crippen LogP contribution in [0.4, 0.5) is 19.3 Å². The minimum Gasteiger partial charge on any atom is -0.619 e. The lowest BCUT2D eigenvalue weighted by atomic mass is 10.0. The summed E-state index contributed by atoms with van der Waals surface area (Å²) < 4.78 is 87.9. The molecule has 1 fully saturated rings. The van der Waals surface area contributed by atoms with E-state index in [1.807, 2.05) is 0 Å². The molecule has 18 heteroatoms. The first-order valence-electron chi connectivity index (χ1n) is 13.6. The minimum absolute atomic E-state index is 0.00758. The molecule has 250 valence electrons. The largest absolute Gasteiger partial charge is 0.619 e. The summed E-state index contributed by atoms with van der Waals surface area (Å²) in [4.78, 5) is 13.0. The Hall–Kier alpha value is -3.44. The predicted octanol–water partition coefficient (Wildman–Crippen LogP) is 5.17. The van der Waals surface area contributed by atoms with Gasteiger partial charge in [-0.2, -0.15) is 13.5 Å². The number of anilines is 1. The zero-order valence-electron chi connectivity index (χ0n) is 24.1. The summed E-state index contributed by atoms with van der Waals surface area (Å²) in [7, 11) is -3.61. The molecule has 0 saturated heterocycles. The van der Waals surface area contributed by atoms with Crippen LogP contribution in [0.15, 0.2) is 54.9 Å². The molecule has 1 aliphatic carbocycles. The Kier molecular flexibility index (Phi) is 11.9. The standard InChI is InChI=1S/C28H29Cl2F2N3O9S2/c1-46(40,41)16-35(45(38)39)20-7-4-17(5-8-20)12-33-28(36)44-25(11-21-22(29)13-34(37)14-23(21)30)19-6-9-24(43-27(31)32)26(10-19)42-15-18-2-3-18/h4-10,13-14,18,25,27H,2-3,11-12,15-16H2,1H3,(H,33,36)(H,38,39). The van der Waals surface area contributed by atoms with Crippen LogP contribution in [-0.2, 0) is 38.8 Å². The lowest BCUT2D eigenvalue weighted by Gasteiger charge is -2.22. The van der Waals surface area contributed by atoms with Gasteiger partial charge < -0.3 is 24.7 Å². The lowest BCUT2D eigenvalue weighted by Crippen LogP contribution is -2.31. The van der Waals surface area contributed by atoms with E-state index in [2.05, 4.69) is 10.1 Å². The number of alkyl carbamates (subject to hydrolysis) is 1. The zero-order chi connectivity index (χ0) is 33.6. The molecule has 4 rings (SSSR count). The second-order valence-electron chi connectivity index (χ2n) is 10.4. The molecule has 1 aromatic heterocycles. The van der Waals surface area contributed by atoms with Crippen LogP contribution in [0.2, 0.25) is 10.0 Å². The van der Waals surface area contributed by atoms with Gasteiger partial charge in [0.05, 0.1) is 12.3 Å². The van der Waals surface area contributed by atoms with Crippen LogP contribution < -0.4 is 23.8 Å². The molecule has 12 nitrogen and oxygen atoms in total. The molecule has 2 aromatic carbocycles. The summed E-state index contributed by atoms with van der Waals surface area (Å²) in [5, 5.41) is 14.4. The maximum atomic E-state index is 13.1. The molecule has 2 unspecified atom stereocenters. The summed E-state index contributed by atoms with van der Waals surface area (Å²) in [5.41, 5.74) is 1.32. The number of hydrogen-bond acceptors (Lipinski definition) is 8. The number of carbonyl (C=O) groups is 1. The maximum Gasteiger partial charge on any atom is 0.408 e. The van der Waals surface area contributed by atoms with Gasteiger partial charge >= 0.3 is 12.7 Å². The monoisotopic (exact) mass is 723 g/mol. The van der Waals surface area contributed by atoms with Gasteiger partial charge in [0.2, 0.25) is 0 Å². The van der Waals surface area contributed by atoms with Crippen molar-refractivity contribution in [2.24, 2.45) is 5.92 Å². The van der Waals surface area contributed by atoms with Crippen LogP contribution in [0.25, 0.3) is 0 Å². The first-order chi connectivity index (χ1) is 21.7. The average Bonchev–Trinajstić information content (AvgIpc) is 3.80. The molecule has 0 bridgehead atoms. The van der Waals surface area contributed by atoms with Gasteiger partial charge in [-0.15, -0.1) is 0 Å². The number of carbonyl (C=O) groups excluding carboxylic acids is 1. The van der Waals surface area contributed by atoms with Gasteiger partial charge in [-0.05, 0) is 54.2 Å². The highest BCUT2D eigenvalue weighted by Crippen LogP contribution is 2.37. The summed E-state index contributed by atoms with van der Waals surface area (Å²) in [6.07, 6.45) is 2.90. The van der Waals surface area contributed by atoms with Crippen LogP contribution in [-0.4, -0.2) is 48.6 Å². The van der Waals surface area contributed by atoms with Crippen molar-refractivity contribution in [2.75, 3.05) is 23.0 Å². The molecule has 0 spiro atoms. The highest BCUT2D eigenvalue weighted by Gasteiger charge is 2.26. The Morgan fingerprint density at radius 2 is 1.80 bits per heavy atom. The predicted molar refractivity (Wildman–Crippen MR) is 166 cm³/mol. The fourth-order valence-corrected chi connectivity index (χ4v) is 6.62. The number of pyridine rings is 1. The Labute approximate surface area is 276 Å². The highest BCUT2D eigenvalue weighted by atomic mass is 35.5. The second-order valence-corrected chi connectivity index (χ2v) is 14.2. The molecule has 1 aliphatic rings. The third kappa shape index (κ3) is 10.6. The molecule has 3 aromatic rings. The van der Waals surface area contributed by atoms with Crippen molar-refractivity contribution in [3.63, 3.8) is 0 Å². The molecule has 46 heavy (non-hydrogen) atoms. The van der Waals surface area contributed by atoms with Gasteiger partial charge in [-0.1, -0.05) is 41.4 Å². The van der Waals surface area contributed by atoms with Gasteiger partial charge in [0.25, 0.3) is 11.3 Å². The van der Waals surface area contributed by atoms with E-state index >= 15 is 0 Å². The Morgan fingerprint density at radius 3 is 2.37 bits per heavy atom. The van der Waals surface area contributed by atoms with Crippen molar-refractivity contribution in [3.05, 3.63) is 86.8 Å². The number of nitrogens with zero attached hydrogens (tertiary/aromatic N) is 2. The van der Waals surface area contributed by atoms with E-state index in [9.17, 15) is 36.0 Å². The number of hydrogen-bond donors (Lipinski definition) is 2. The van der Waals surface area contributed by atoms with E-state index in [1.54, 1.807) is 0 Å². The molecule has 1 saturated carbocycles. The number of benzene rings is 2. The smallest absolute Gasteiger partial charge is 0.408 e. The van der Waals surface area contributed by atoms with Gasteiger partial charge in [-0.3, -0.25) is 8.86 Å². The average molecular weight is 725 g/mol. The quantitative estimate of drug-likeness (QED) is 0.123. The van der Waals surface area contributed by atoms with E-state index in [0.29, 0.717) is 21.8 Å². The molecule has 1 amide bonds. The van der Waals surface area contributed by atoms with Gasteiger partial charge in [0.1, 0.15) is 22.0 Å². The van der Waals surface area contributed by atoms with E-state index in [1.165, 1.54) is 42.5 Å². The maximum absolute atomic E-state index is 13.1. The van der Waals surface area contributed by atoms with Gasteiger partial charge in [0.15, 0.2) is 33.7 Å². The third-order valence-corrected chi connectivity index (χ3v) is 8.88. The summed E-state index contributed by atoms with van der Waals surface area (Å²) >= 11 is 9.96. The van der Waals surface area contributed by atoms with E-state index in [0.717, 1.165) is 35.8 Å². The summed E-state index contributed by atoms with van der Waals surface area (Å²) in [6.45, 7) is -2.87. The van der Waals surface area contributed by atoms with E-state index < -0.39 is 45.8 Å². The topological polar surface area (TPSA) is 158 Å². The second kappa shape index (κ2) is 15.4. The van der Waals surface area contributed by atoms with Gasteiger partial charge in [0, 0.05) is 24.8 Å². The van der Waals surface area contributed by atoms with E-state index in [4.69, 9.17) is 32.7 Å². The minimum atomic E-state index is -3.61. The number of alkyl halides is 2. The van der Waals surface area contributed by atoms with Crippen molar-refractivity contribution in [3.8, 4) is 11.5 Å². The molecule has 0 aliphatic heterocycles. The normalized spacial score (nSPS) is 14.4. The third-order valence-electron chi connectivity index (χ3n) is 6.63. The Morgan fingerprint density at radius 1 is 1.15 bits per heavy atom. The van der Waals surface area contributed by atoms with Crippen molar-refractivity contribution in [1.82, 2.24) is 5.32 Å². The Balaban J connectivity index is 1.54. The fraction of sp³-hybridized carbons (Fsp3) is 0.357. The van der Waals surface area contributed by atoms with Crippen molar-refractivity contribution in [1.29, 1.82) is 0 Å². The number of nitrogens with one attached hydrogen (secondary N) is 1. The molecular formula is C28H29Cl2F2N3O9S2. The number of amides is 1. The highest BCUT2D eigenvalue weighted by molar-refractivity contribution is 7.92. The van der Waals surface area contributed by atoms with Crippen molar-refractivity contribution < 1.29 is 49.7 Å². The fourth-order valence-electron chi connectivity index (χ4n) is 4.21. The van der Waals surface area contributed by atoms with Crippen molar-refractivity contribution in [2.45, 2.75) is 38.5 Å². The van der Waals surface area contributed by atoms with Crippen molar-refractivity contribution >= 4 is 56.1 Å². The molecule has 2 N–H and O–H groups in total. The van der Waals surface area contributed by atoms with Crippen LogP contribution in [0.5, 0.6) is 11.5 Å². The Bertz CT molecular complexity index is 1660. The lowest BCUT2D eigenvalue weighted by molar-refractivity contribution is -0.605. The van der Waals surface area contributed by atoms with Crippen LogP contribution in [0.1, 0.15) is 35.6 Å². The van der Waals surface area contributed by atoms with Crippen LogP contribution in [0, 0.1) is 11.1 Å². The molecular weight excluding hydrogens is 695 g/mol. The summed E-state index contributed by atoms with van der Waals surface area (Å²) in [5.74, 6) is -0.567. The number of sulfone groups is 1.